The van der Waals surface area contributed by atoms with Gasteiger partial charge < -0.3 is 15.2 Å². The van der Waals surface area contributed by atoms with Gasteiger partial charge in [-0.1, -0.05) is 42.5 Å². The highest BCUT2D eigenvalue weighted by molar-refractivity contribution is 9.10. The predicted molar refractivity (Wildman–Crippen MR) is 97.5 cm³/mol. The van der Waals surface area contributed by atoms with Gasteiger partial charge in [0.1, 0.15) is 6.61 Å². The summed E-state index contributed by atoms with van der Waals surface area (Å²) in [6.45, 7) is 0.381. The van der Waals surface area contributed by atoms with E-state index in [2.05, 4.69) is 34.1 Å². The van der Waals surface area contributed by atoms with E-state index in [-0.39, 0.29) is 0 Å². The average Bonchev–Trinajstić information content (AvgIpc) is 2.60. The van der Waals surface area contributed by atoms with Crippen molar-refractivity contribution in [2.75, 3.05) is 7.11 Å². The number of hydrogen-bond donors (Lipinski definition) is 1. The molecule has 0 aliphatic rings. The maximum absolute atomic E-state index is 11.4. The summed E-state index contributed by atoms with van der Waals surface area (Å²) in [6, 6.07) is 17.4. The van der Waals surface area contributed by atoms with Crippen molar-refractivity contribution in [2.24, 2.45) is 5.73 Å². The van der Waals surface area contributed by atoms with E-state index in [1.165, 1.54) is 7.11 Å². The number of amides is 1. The SMILES string of the molecule is COc1cc(C(N)=O)cc(Br)c1OCc1cccc2ccccc12. The molecule has 1 amide bonds. The van der Waals surface area contributed by atoms with Gasteiger partial charge in [-0.15, -0.1) is 0 Å². The van der Waals surface area contributed by atoms with Gasteiger partial charge in [-0.25, -0.2) is 0 Å². The number of hydrogen-bond acceptors (Lipinski definition) is 3. The van der Waals surface area contributed by atoms with E-state index in [0.29, 0.717) is 28.1 Å². The summed E-state index contributed by atoms with van der Waals surface area (Å²) in [6.07, 6.45) is 0. The van der Waals surface area contributed by atoms with Crippen LogP contribution < -0.4 is 15.2 Å². The molecule has 3 aromatic rings. The summed E-state index contributed by atoms with van der Waals surface area (Å²) in [5.74, 6) is 0.475. The molecule has 0 aliphatic carbocycles. The molecule has 3 aromatic carbocycles. The van der Waals surface area contributed by atoms with Crippen LogP contribution in [0.15, 0.2) is 59.1 Å². The highest BCUT2D eigenvalue weighted by Gasteiger charge is 2.14. The number of carbonyl (C=O) groups is 1. The highest BCUT2D eigenvalue weighted by atomic mass is 79.9. The van der Waals surface area contributed by atoms with Gasteiger partial charge in [-0.05, 0) is 44.4 Å². The molecular weight excluding hydrogens is 370 g/mol. The van der Waals surface area contributed by atoms with Crippen molar-refractivity contribution in [2.45, 2.75) is 6.61 Å². The molecule has 0 aromatic heterocycles. The van der Waals surface area contributed by atoms with E-state index in [4.69, 9.17) is 15.2 Å². The number of carbonyl (C=O) groups excluding carboxylic acids is 1. The van der Waals surface area contributed by atoms with Crippen molar-refractivity contribution in [3.63, 3.8) is 0 Å². The second-order valence-corrected chi connectivity index (χ2v) is 6.13. The first-order valence-corrected chi connectivity index (χ1v) is 8.16. The van der Waals surface area contributed by atoms with Crippen molar-refractivity contribution in [3.05, 3.63) is 70.2 Å². The molecule has 122 valence electrons. The van der Waals surface area contributed by atoms with Crippen molar-refractivity contribution < 1.29 is 14.3 Å². The Hall–Kier alpha value is -2.53. The summed E-state index contributed by atoms with van der Waals surface area (Å²) >= 11 is 3.42. The van der Waals surface area contributed by atoms with Crippen LogP contribution in [0, 0.1) is 0 Å². The molecule has 0 saturated carbocycles. The van der Waals surface area contributed by atoms with Crippen LogP contribution in [-0.2, 0) is 6.61 Å². The number of primary amides is 1. The van der Waals surface area contributed by atoms with Gasteiger partial charge in [0.25, 0.3) is 0 Å². The Morgan fingerprint density at radius 3 is 2.62 bits per heavy atom. The van der Waals surface area contributed by atoms with Crippen LogP contribution in [0.4, 0.5) is 0 Å². The molecule has 2 N–H and O–H groups in total. The first-order chi connectivity index (χ1) is 11.6. The lowest BCUT2D eigenvalue weighted by Crippen LogP contribution is -2.11. The second kappa shape index (κ2) is 6.93. The molecule has 0 bridgehead atoms. The number of ether oxygens (including phenoxy) is 2. The molecule has 0 atom stereocenters. The molecule has 0 unspecified atom stereocenters. The first-order valence-electron chi connectivity index (χ1n) is 7.37. The number of fused-ring (bicyclic) bond motifs is 1. The van der Waals surface area contributed by atoms with Gasteiger partial charge in [0, 0.05) is 5.56 Å². The Kier molecular flexibility index (Phi) is 4.71. The fourth-order valence-electron chi connectivity index (χ4n) is 2.57. The fourth-order valence-corrected chi connectivity index (χ4v) is 3.13. The van der Waals surface area contributed by atoms with Crippen LogP contribution in [0.2, 0.25) is 0 Å². The van der Waals surface area contributed by atoms with Crippen molar-refractivity contribution in [1.29, 1.82) is 0 Å². The molecule has 0 heterocycles. The molecule has 24 heavy (non-hydrogen) atoms. The maximum Gasteiger partial charge on any atom is 0.248 e. The van der Waals surface area contributed by atoms with Gasteiger partial charge in [0.2, 0.25) is 5.91 Å². The predicted octanol–water partition coefficient (Wildman–Crippen LogP) is 4.29. The Morgan fingerprint density at radius 1 is 1.12 bits per heavy atom. The van der Waals surface area contributed by atoms with Crippen molar-refractivity contribution in [3.8, 4) is 11.5 Å². The van der Waals surface area contributed by atoms with Gasteiger partial charge in [0.05, 0.1) is 11.6 Å². The highest BCUT2D eigenvalue weighted by Crippen LogP contribution is 2.37. The van der Waals surface area contributed by atoms with E-state index in [1.54, 1.807) is 12.1 Å². The Balaban J connectivity index is 1.92. The topological polar surface area (TPSA) is 61.5 Å². The van der Waals surface area contributed by atoms with Crippen LogP contribution in [0.25, 0.3) is 10.8 Å². The van der Waals surface area contributed by atoms with Crippen molar-refractivity contribution >= 4 is 32.6 Å². The molecule has 0 radical (unpaired) electrons. The van der Waals surface area contributed by atoms with Gasteiger partial charge >= 0.3 is 0 Å². The van der Waals surface area contributed by atoms with E-state index in [1.807, 2.05) is 24.3 Å². The van der Waals surface area contributed by atoms with Crippen LogP contribution >= 0.6 is 15.9 Å². The first kappa shape index (κ1) is 16.3. The summed E-state index contributed by atoms with van der Waals surface area (Å²) in [5.41, 5.74) is 6.76. The van der Waals surface area contributed by atoms with E-state index < -0.39 is 5.91 Å². The lowest BCUT2D eigenvalue weighted by Gasteiger charge is -2.14. The molecular formula is C19H16BrNO3. The zero-order valence-corrected chi connectivity index (χ0v) is 14.7. The molecule has 0 saturated heterocycles. The third-order valence-electron chi connectivity index (χ3n) is 3.77. The Morgan fingerprint density at radius 2 is 1.88 bits per heavy atom. The minimum atomic E-state index is -0.519. The molecule has 0 spiro atoms. The number of benzene rings is 3. The zero-order valence-electron chi connectivity index (χ0n) is 13.1. The average molecular weight is 386 g/mol. The molecule has 3 rings (SSSR count). The van der Waals surface area contributed by atoms with E-state index in [9.17, 15) is 4.79 Å². The van der Waals surface area contributed by atoms with Gasteiger partial charge in [-0.3, -0.25) is 4.79 Å². The minimum absolute atomic E-state index is 0.358. The Labute approximate surface area is 148 Å². The lowest BCUT2D eigenvalue weighted by molar-refractivity contribution is 0.1000. The summed E-state index contributed by atoms with van der Waals surface area (Å²) in [5, 5.41) is 2.30. The van der Waals surface area contributed by atoms with Crippen LogP contribution in [0.3, 0.4) is 0 Å². The summed E-state index contributed by atoms with van der Waals surface area (Å²) in [7, 11) is 1.53. The number of rotatable bonds is 5. The van der Waals surface area contributed by atoms with Gasteiger partial charge in [-0.2, -0.15) is 0 Å². The molecule has 5 heteroatoms. The molecule has 0 aliphatic heterocycles. The third-order valence-corrected chi connectivity index (χ3v) is 4.35. The number of halogens is 1. The van der Waals surface area contributed by atoms with Gasteiger partial charge in [0.15, 0.2) is 11.5 Å². The van der Waals surface area contributed by atoms with Crippen LogP contribution in [-0.4, -0.2) is 13.0 Å². The van der Waals surface area contributed by atoms with Crippen LogP contribution in [0.1, 0.15) is 15.9 Å². The summed E-state index contributed by atoms with van der Waals surface area (Å²) in [4.78, 5) is 11.4. The number of nitrogens with two attached hydrogens (primary N) is 1. The zero-order chi connectivity index (χ0) is 17.1. The van der Waals surface area contributed by atoms with Crippen LogP contribution in [0.5, 0.6) is 11.5 Å². The monoisotopic (exact) mass is 385 g/mol. The third kappa shape index (κ3) is 3.21. The molecule has 4 nitrogen and oxygen atoms in total. The quantitative estimate of drug-likeness (QED) is 0.712. The summed E-state index contributed by atoms with van der Waals surface area (Å²) < 4.78 is 11.9. The fraction of sp³-hybridized carbons (Fsp3) is 0.105. The lowest BCUT2D eigenvalue weighted by atomic mass is 10.1. The Bertz CT molecular complexity index is 903. The van der Waals surface area contributed by atoms with E-state index >= 15 is 0 Å². The second-order valence-electron chi connectivity index (χ2n) is 5.28. The minimum Gasteiger partial charge on any atom is -0.493 e. The maximum atomic E-state index is 11.4. The van der Waals surface area contributed by atoms with Crippen molar-refractivity contribution in [1.82, 2.24) is 0 Å². The smallest absolute Gasteiger partial charge is 0.248 e. The largest absolute Gasteiger partial charge is 0.493 e. The van der Waals surface area contributed by atoms with E-state index in [0.717, 1.165) is 16.3 Å². The normalized spacial score (nSPS) is 10.6. The molecule has 0 fully saturated rings. The standard InChI is InChI=1S/C19H16BrNO3/c1-23-17-10-14(19(21)22)9-16(20)18(17)24-11-13-7-4-6-12-5-2-3-8-15(12)13/h2-10H,11H2,1H3,(H2,21,22). The number of methoxy groups -OCH3 is 1.